The molecule has 1 heterocycles. The van der Waals surface area contributed by atoms with E-state index in [1.165, 1.54) is 18.2 Å². The fraction of sp³-hybridized carbons (Fsp3) is 0.214. The van der Waals surface area contributed by atoms with E-state index in [1.807, 2.05) is 18.0 Å². The van der Waals surface area contributed by atoms with Crippen molar-refractivity contribution in [2.45, 2.75) is 6.54 Å². The van der Waals surface area contributed by atoms with Gasteiger partial charge < -0.3 is 15.5 Å². The van der Waals surface area contributed by atoms with Crippen LogP contribution in [0.1, 0.15) is 5.56 Å². The number of anilines is 2. The summed E-state index contributed by atoms with van der Waals surface area (Å²) in [5.74, 6) is -0.693. The van der Waals surface area contributed by atoms with Gasteiger partial charge in [-0.1, -0.05) is 0 Å². The molecule has 3 N–H and O–H groups in total. The van der Waals surface area contributed by atoms with Crippen LogP contribution in [0, 0.1) is 5.82 Å². The molecule has 0 saturated heterocycles. The molecule has 20 heavy (non-hydrogen) atoms. The largest absolute Gasteiger partial charge is 0.472 e. The van der Waals surface area contributed by atoms with Gasteiger partial charge in [0.15, 0.2) is 0 Å². The summed E-state index contributed by atoms with van der Waals surface area (Å²) in [6.07, 6.45) is 3.22. The molecule has 6 heteroatoms. The Labute approximate surface area is 116 Å². The Hall–Kier alpha value is -2.34. The Morgan fingerprint density at radius 3 is 2.90 bits per heavy atom. The van der Waals surface area contributed by atoms with E-state index in [0.717, 1.165) is 5.56 Å². The van der Waals surface area contributed by atoms with Crippen molar-refractivity contribution in [3.63, 3.8) is 0 Å². The van der Waals surface area contributed by atoms with Gasteiger partial charge in [-0.15, -0.1) is 0 Å². The van der Waals surface area contributed by atoms with Crippen LogP contribution in [0.25, 0.3) is 0 Å². The minimum absolute atomic E-state index is 0.00884. The second kappa shape index (κ2) is 6.21. The molecule has 2 aromatic rings. The Morgan fingerprint density at radius 2 is 2.25 bits per heavy atom. The standard InChI is InChI=1S/C14H16FN3O2/c1-18(7-10-4-5-20-9-10)8-14(19)17-11-2-3-12(15)13(16)6-11/h2-6,9H,7-8,16H2,1H3,(H,17,19). The molecular formula is C14H16FN3O2. The molecule has 0 saturated carbocycles. The van der Waals surface area contributed by atoms with Crippen LogP contribution in [-0.4, -0.2) is 24.4 Å². The van der Waals surface area contributed by atoms with Crippen LogP contribution in [0.15, 0.2) is 41.2 Å². The lowest BCUT2D eigenvalue weighted by Crippen LogP contribution is -2.29. The summed E-state index contributed by atoms with van der Waals surface area (Å²) >= 11 is 0. The highest BCUT2D eigenvalue weighted by Gasteiger charge is 2.09. The number of nitrogens with two attached hydrogens (primary N) is 1. The van der Waals surface area contributed by atoms with Gasteiger partial charge in [-0.3, -0.25) is 9.69 Å². The van der Waals surface area contributed by atoms with Crippen molar-refractivity contribution in [2.75, 3.05) is 24.6 Å². The van der Waals surface area contributed by atoms with Crippen LogP contribution in [0.2, 0.25) is 0 Å². The fourth-order valence-corrected chi connectivity index (χ4v) is 1.82. The van der Waals surface area contributed by atoms with Crippen molar-refractivity contribution in [1.82, 2.24) is 4.90 Å². The highest BCUT2D eigenvalue weighted by atomic mass is 19.1. The Kier molecular flexibility index (Phi) is 4.37. The van der Waals surface area contributed by atoms with Crippen molar-refractivity contribution in [1.29, 1.82) is 0 Å². The quantitative estimate of drug-likeness (QED) is 0.821. The van der Waals surface area contributed by atoms with Gasteiger partial charge >= 0.3 is 0 Å². The SMILES string of the molecule is CN(CC(=O)Nc1ccc(F)c(N)c1)Cc1ccoc1. The summed E-state index contributed by atoms with van der Waals surface area (Å²) in [5.41, 5.74) is 6.92. The normalized spacial score (nSPS) is 10.8. The van der Waals surface area contributed by atoms with Crippen molar-refractivity contribution in [3.05, 3.63) is 48.2 Å². The first-order valence-electron chi connectivity index (χ1n) is 6.09. The van der Waals surface area contributed by atoms with Gasteiger partial charge in [0.05, 0.1) is 24.8 Å². The number of nitrogen functional groups attached to an aromatic ring is 1. The summed E-state index contributed by atoms with van der Waals surface area (Å²) in [7, 11) is 1.83. The molecule has 106 valence electrons. The summed E-state index contributed by atoms with van der Waals surface area (Å²) < 4.78 is 18.0. The molecule has 1 aromatic heterocycles. The van der Waals surface area contributed by atoms with Gasteiger partial charge in [0.25, 0.3) is 0 Å². The van der Waals surface area contributed by atoms with Gasteiger partial charge in [0.2, 0.25) is 5.91 Å². The average molecular weight is 277 g/mol. The number of benzene rings is 1. The molecule has 0 fully saturated rings. The number of hydrogen-bond acceptors (Lipinski definition) is 4. The summed E-state index contributed by atoms with van der Waals surface area (Å²) in [6.45, 7) is 0.817. The zero-order chi connectivity index (χ0) is 14.5. The number of furan rings is 1. The maximum absolute atomic E-state index is 13.0. The van der Waals surface area contributed by atoms with E-state index >= 15 is 0 Å². The second-order valence-electron chi connectivity index (χ2n) is 4.59. The number of hydrogen-bond donors (Lipinski definition) is 2. The average Bonchev–Trinajstić information content (AvgIpc) is 2.86. The number of amides is 1. The first-order valence-corrected chi connectivity index (χ1v) is 6.09. The minimum Gasteiger partial charge on any atom is -0.472 e. The number of nitrogens with zero attached hydrogens (tertiary/aromatic N) is 1. The number of likely N-dealkylation sites (N-methyl/N-ethyl adjacent to an activating group) is 1. The van der Waals surface area contributed by atoms with Crippen molar-refractivity contribution in [3.8, 4) is 0 Å². The smallest absolute Gasteiger partial charge is 0.238 e. The first kappa shape index (κ1) is 14.1. The maximum atomic E-state index is 13.0. The van der Waals surface area contributed by atoms with Crippen molar-refractivity contribution in [2.24, 2.45) is 0 Å². The molecule has 1 aromatic carbocycles. The van der Waals surface area contributed by atoms with E-state index in [1.54, 1.807) is 12.5 Å². The highest BCUT2D eigenvalue weighted by molar-refractivity contribution is 5.92. The third-order valence-corrected chi connectivity index (χ3v) is 2.73. The van der Waals surface area contributed by atoms with Crippen LogP contribution in [0.4, 0.5) is 15.8 Å². The lowest BCUT2D eigenvalue weighted by Gasteiger charge is -2.15. The van der Waals surface area contributed by atoms with Crippen molar-refractivity contribution >= 4 is 17.3 Å². The summed E-state index contributed by atoms with van der Waals surface area (Å²) in [4.78, 5) is 13.7. The molecule has 2 rings (SSSR count). The molecule has 0 radical (unpaired) electrons. The first-order chi connectivity index (χ1) is 9.54. The molecule has 0 atom stereocenters. The van der Waals surface area contributed by atoms with Crippen LogP contribution >= 0.6 is 0 Å². The Bertz CT molecular complexity index is 584. The van der Waals surface area contributed by atoms with E-state index in [9.17, 15) is 9.18 Å². The molecule has 1 amide bonds. The number of carbonyl (C=O) groups is 1. The van der Waals surface area contributed by atoms with Gasteiger partial charge in [-0.25, -0.2) is 4.39 Å². The maximum Gasteiger partial charge on any atom is 0.238 e. The lowest BCUT2D eigenvalue weighted by atomic mass is 10.2. The number of halogens is 1. The molecule has 0 unspecified atom stereocenters. The fourth-order valence-electron chi connectivity index (χ4n) is 1.82. The van der Waals surface area contributed by atoms with Gasteiger partial charge in [-0.05, 0) is 31.3 Å². The number of rotatable bonds is 5. The Balaban J connectivity index is 1.87. The molecule has 0 aliphatic carbocycles. The predicted molar refractivity (Wildman–Crippen MR) is 74.5 cm³/mol. The van der Waals surface area contributed by atoms with Gasteiger partial charge in [0, 0.05) is 17.8 Å². The number of carbonyl (C=O) groups excluding carboxylic acids is 1. The predicted octanol–water partition coefficient (Wildman–Crippen LogP) is 2.07. The van der Waals surface area contributed by atoms with Crippen LogP contribution < -0.4 is 11.1 Å². The van der Waals surface area contributed by atoms with Crippen LogP contribution in [-0.2, 0) is 11.3 Å². The van der Waals surface area contributed by atoms with E-state index < -0.39 is 5.82 Å². The molecule has 0 aliphatic heterocycles. The molecule has 0 spiro atoms. The van der Waals surface area contributed by atoms with Gasteiger partial charge in [-0.2, -0.15) is 0 Å². The molecule has 5 nitrogen and oxygen atoms in total. The monoisotopic (exact) mass is 277 g/mol. The Morgan fingerprint density at radius 1 is 1.45 bits per heavy atom. The summed E-state index contributed by atoms with van der Waals surface area (Å²) in [5, 5.41) is 2.67. The third-order valence-electron chi connectivity index (χ3n) is 2.73. The minimum atomic E-state index is -0.500. The second-order valence-corrected chi connectivity index (χ2v) is 4.59. The number of nitrogens with one attached hydrogen (secondary N) is 1. The highest BCUT2D eigenvalue weighted by Crippen LogP contribution is 2.16. The zero-order valence-corrected chi connectivity index (χ0v) is 11.1. The molecule has 0 aliphatic rings. The zero-order valence-electron chi connectivity index (χ0n) is 11.1. The topological polar surface area (TPSA) is 71.5 Å². The van der Waals surface area contributed by atoms with Gasteiger partial charge in [0.1, 0.15) is 5.82 Å². The van der Waals surface area contributed by atoms with Crippen LogP contribution in [0.5, 0.6) is 0 Å². The van der Waals surface area contributed by atoms with Crippen LogP contribution in [0.3, 0.4) is 0 Å². The van der Waals surface area contributed by atoms with E-state index in [2.05, 4.69) is 5.32 Å². The molecule has 0 bridgehead atoms. The van der Waals surface area contributed by atoms with E-state index in [4.69, 9.17) is 10.2 Å². The van der Waals surface area contributed by atoms with E-state index in [-0.39, 0.29) is 18.1 Å². The van der Waals surface area contributed by atoms with E-state index in [0.29, 0.717) is 12.2 Å². The third kappa shape index (κ3) is 3.83. The lowest BCUT2D eigenvalue weighted by molar-refractivity contribution is -0.117. The molecular weight excluding hydrogens is 261 g/mol. The summed E-state index contributed by atoms with van der Waals surface area (Å²) in [6, 6.07) is 5.93. The van der Waals surface area contributed by atoms with Crippen molar-refractivity contribution < 1.29 is 13.6 Å².